The SMILES string of the molecule is CC(C)c1cc(F)c(F)c(CC(C)c2ccc(C#N)c(F)c2)c1. The molecule has 0 fully saturated rings. The minimum atomic E-state index is -0.857. The van der Waals surface area contributed by atoms with Crippen LogP contribution in [0.3, 0.4) is 0 Å². The van der Waals surface area contributed by atoms with Crippen LogP contribution in [0.4, 0.5) is 13.2 Å². The zero-order valence-corrected chi connectivity index (χ0v) is 13.3. The van der Waals surface area contributed by atoms with Crippen molar-refractivity contribution in [2.75, 3.05) is 0 Å². The minimum absolute atomic E-state index is 0.0278. The summed E-state index contributed by atoms with van der Waals surface area (Å²) >= 11 is 0. The number of benzene rings is 2. The lowest BCUT2D eigenvalue weighted by Crippen LogP contribution is -2.05. The highest BCUT2D eigenvalue weighted by Crippen LogP contribution is 2.27. The van der Waals surface area contributed by atoms with Crippen molar-refractivity contribution in [2.24, 2.45) is 0 Å². The average Bonchev–Trinajstić information content (AvgIpc) is 2.51. The summed E-state index contributed by atoms with van der Waals surface area (Å²) in [6.07, 6.45) is 0.259. The van der Waals surface area contributed by atoms with Crippen LogP contribution in [-0.4, -0.2) is 0 Å². The lowest BCUT2D eigenvalue weighted by Gasteiger charge is -2.15. The number of hydrogen-bond donors (Lipinski definition) is 0. The fourth-order valence-electron chi connectivity index (χ4n) is 2.53. The third-order valence-electron chi connectivity index (χ3n) is 4.00. The Labute approximate surface area is 134 Å². The summed E-state index contributed by atoms with van der Waals surface area (Å²) < 4.78 is 41.5. The van der Waals surface area contributed by atoms with Crippen LogP contribution in [0.25, 0.3) is 0 Å². The normalized spacial score (nSPS) is 12.3. The van der Waals surface area contributed by atoms with Gasteiger partial charge >= 0.3 is 0 Å². The van der Waals surface area contributed by atoms with Gasteiger partial charge in [-0.15, -0.1) is 0 Å². The molecule has 1 unspecified atom stereocenters. The number of hydrogen-bond acceptors (Lipinski definition) is 1. The molecule has 0 amide bonds. The van der Waals surface area contributed by atoms with E-state index >= 15 is 0 Å². The van der Waals surface area contributed by atoms with Gasteiger partial charge in [0.25, 0.3) is 0 Å². The maximum absolute atomic E-state index is 14.0. The Bertz CT molecular complexity index is 760. The van der Waals surface area contributed by atoms with Crippen LogP contribution in [0.5, 0.6) is 0 Å². The Morgan fingerprint density at radius 2 is 1.61 bits per heavy atom. The van der Waals surface area contributed by atoms with Gasteiger partial charge in [-0.3, -0.25) is 0 Å². The molecule has 120 valence electrons. The van der Waals surface area contributed by atoms with Crippen molar-refractivity contribution >= 4 is 0 Å². The molecule has 0 spiro atoms. The van der Waals surface area contributed by atoms with Gasteiger partial charge in [-0.2, -0.15) is 5.26 Å². The molecule has 0 radical (unpaired) electrons. The standard InChI is InChI=1S/C19H18F3N/c1-11(2)15-7-16(19(22)18(21)9-15)6-12(3)13-4-5-14(10-23)17(20)8-13/h4-5,7-9,11-12H,6H2,1-3H3. The molecule has 2 aromatic rings. The van der Waals surface area contributed by atoms with E-state index in [0.29, 0.717) is 5.56 Å². The molecular formula is C19H18F3N. The van der Waals surface area contributed by atoms with Gasteiger partial charge in [0, 0.05) is 0 Å². The third kappa shape index (κ3) is 3.73. The summed E-state index contributed by atoms with van der Waals surface area (Å²) in [4.78, 5) is 0. The largest absolute Gasteiger partial charge is 0.206 e. The quantitative estimate of drug-likeness (QED) is 0.736. The van der Waals surface area contributed by atoms with E-state index in [1.807, 2.05) is 20.8 Å². The van der Waals surface area contributed by atoms with Gasteiger partial charge in [-0.05, 0) is 53.1 Å². The monoisotopic (exact) mass is 317 g/mol. The average molecular weight is 317 g/mol. The van der Waals surface area contributed by atoms with Crippen molar-refractivity contribution in [3.05, 3.63) is 70.0 Å². The molecule has 0 aliphatic carbocycles. The highest BCUT2D eigenvalue weighted by Gasteiger charge is 2.17. The van der Waals surface area contributed by atoms with Crippen molar-refractivity contribution < 1.29 is 13.2 Å². The van der Waals surface area contributed by atoms with E-state index in [2.05, 4.69) is 0 Å². The summed E-state index contributed by atoms with van der Waals surface area (Å²) in [5.74, 6) is -2.42. The summed E-state index contributed by atoms with van der Waals surface area (Å²) in [6, 6.07) is 8.98. The highest BCUT2D eigenvalue weighted by molar-refractivity contribution is 5.36. The van der Waals surface area contributed by atoms with E-state index in [1.165, 1.54) is 18.2 Å². The molecule has 0 aliphatic rings. The van der Waals surface area contributed by atoms with E-state index in [-0.39, 0.29) is 29.4 Å². The van der Waals surface area contributed by atoms with Crippen LogP contribution in [-0.2, 0) is 6.42 Å². The molecule has 0 aromatic heterocycles. The fraction of sp³-hybridized carbons (Fsp3) is 0.316. The molecule has 0 saturated carbocycles. The van der Waals surface area contributed by atoms with Crippen molar-refractivity contribution in [1.82, 2.24) is 0 Å². The zero-order valence-electron chi connectivity index (χ0n) is 13.3. The van der Waals surface area contributed by atoms with Gasteiger partial charge in [-0.1, -0.05) is 32.9 Å². The molecular weight excluding hydrogens is 299 g/mol. The molecule has 23 heavy (non-hydrogen) atoms. The predicted octanol–water partition coefficient (Wildman–Crippen LogP) is 5.45. The van der Waals surface area contributed by atoms with Gasteiger partial charge in [0.2, 0.25) is 0 Å². The number of rotatable bonds is 4. The van der Waals surface area contributed by atoms with Gasteiger partial charge in [0.05, 0.1) is 5.56 Å². The van der Waals surface area contributed by atoms with Crippen LogP contribution >= 0.6 is 0 Å². The van der Waals surface area contributed by atoms with E-state index in [0.717, 1.165) is 5.56 Å². The smallest absolute Gasteiger partial charge is 0.162 e. The van der Waals surface area contributed by atoms with Crippen LogP contribution in [0.1, 0.15) is 54.9 Å². The topological polar surface area (TPSA) is 23.8 Å². The molecule has 0 bridgehead atoms. The first-order chi connectivity index (χ1) is 10.8. The second-order valence-corrected chi connectivity index (χ2v) is 6.09. The molecule has 0 saturated heterocycles. The number of nitrogens with zero attached hydrogens (tertiary/aromatic N) is 1. The molecule has 0 aliphatic heterocycles. The van der Waals surface area contributed by atoms with E-state index in [4.69, 9.17) is 5.26 Å². The molecule has 0 heterocycles. The first-order valence-electron chi connectivity index (χ1n) is 7.50. The second kappa shape index (κ2) is 6.87. The van der Waals surface area contributed by atoms with Crippen molar-refractivity contribution in [3.63, 3.8) is 0 Å². The van der Waals surface area contributed by atoms with E-state index in [9.17, 15) is 13.2 Å². The predicted molar refractivity (Wildman–Crippen MR) is 83.7 cm³/mol. The van der Waals surface area contributed by atoms with Gasteiger partial charge < -0.3 is 0 Å². The van der Waals surface area contributed by atoms with Crippen LogP contribution in [0.2, 0.25) is 0 Å². The fourth-order valence-corrected chi connectivity index (χ4v) is 2.53. The zero-order chi connectivity index (χ0) is 17.1. The third-order valence-corrected chi connectivity index (χ3v) is 4.00. The highest BCUT2D eigenvalue weighted by atomic mass is 19.2. The maximum atomic E-state index is 14.0. The molecule has 2 rings (SSSR count). The lowest BCUT2D eigenvalue weighted by molar-refractivity contribution is 0.492. The number of nitriles is 1. The van der Waals surface area contributed by atoms with E-state index in [1.54, 1.807) is 18.2 Å². The Morgan fingerprint density at radius 1 is 0.957 bits per heavy atom. The molecule has 2 aromatic carbocycles. The summed E-state index contributed by atoms with van der Waals surface area (Å²) in [6.45, 7) is 5.64. The van der Waals surface area contributed by atoms with Crippen molar-refractivity contribution in [1.29, 1.82) is 5.26 Å². The molecule has 4 heteroatoms. The van der Waals surface area contributed by atoms with Gasteiger partial charge in [-0.25, -0.2) is 13.2 Å². The minimum Gasteiger partial charge on any atom is -0.206 e. The van der Waals surface area contributed by atoms with Crippen molar-refractivity contribution in [2.45, 2.75) is 39.0 Å². The van der Waals surface area contributed by atoms with Crippen LogP contribution < -0.4 is 0 Å². The Hall–Kier alpha value is -2.28. The molecule has 1 nitrogen and oxygen atoms in total. The number of halogens is 3. The molecule has 1 atom stereocenters. The first kappa shape index (κ1) is 17.1. The van der Waals surface area contributed by atoms with Gasteiger partial charge in [0.1, 0.15) is 11.9 Å². The molecule has 0 N–H and O–H groups in total. The Kier molecular flexibility index (Phi) is 5.10. The van der Waals surface area contributed by atoms with Crippen LogP contribution in [0, 0.1) is 28.8 Å². The summed E-state index contributed by atoms with van der Waals surface area (Å²) in [5, 5.41) is 8.75. The van der Waals surface area contributed by atoms with Gasteiger partial charge in [0.15, 0.2) is 11.6 Å². The first-order valence-corrected chi connectivity index (χ1v) is 7.50. The van der Waals surface area contributed by atoms with E-state index < -0.39 is 17.5 Å². The van der Waals surface area contributed by atoms with Crippen molar-refractivity contribution in [3.8, 4) is 6.07 Å². The Balaban J connectivity index is 2.31. The lowest BCUT2D eigenvalue weighted by atomic mass is 9.90. The van der Waals surface area contributed by atoms with Crippen LogP contribution in [0.15, 0.2) is 30.3 Å². The second-order valence-electron chi connectivity index (χ2n) is 6.09. The summed E-state index contributed by atoms with van der Waals surface area (Å²) in [5.41, 5.74) is 1.64. The maximum Gasteiger partial charge on any atom is 0.162 e. The Morgan fingerprint density at radius 3 is 2.17 bits per heavy atom. The summed E-state index contributed by atoms with van der Waals surface area (Å²) in [7, 11) is 0.